The van der Waals surface area contributed by atoms with Crippen molar-refractivity contribution in [3.05, 3.63) is 23.5 Å². The van der Waals surface area contributed by atoms with E-state index in [9.17, 15) is 13.2 Å². The van der Waals surface area contributed by atoms with Crippen LogP contribution >= 0.6 is 0 Å². The number of sulfonamides is 1. The van der Waals surface area contributed by atoms with Crippen molar-refractivity contribution in [3.63, 3.8) is 0 Å². The van der Waals surface area contributed by atoms with E-state index in [0.29, 0.717) is 6.42 Å². The van der Waals surface area contributed by atoms with Crippen LogP contribution in [0, 0.1) is 12.8 Å². The number of carbonyl (C=O) groups excluding carboxylic acids is 1. The lowest BCUT2D eigenvalue weighted by Gasteiger charge is -2.14. The molecule has 118 valence electrons. The van der Waals surface area contributed by atoms with Crippen LogP contribution in [0.5, 0.6) is 0 Å². The normalized spacial score (nSPS) is 13.8. The molecule has 0 fully saturated rings. The van der Waals surface area contributed by atoms with Crippen molar-refractivity contribution in [3.8, 4) is 0 Å². The summed E-state index contributed by atoms with van der Waals surface area (Å²) in [6.45, 7) is 7.36. The van der Waals surface area contributed by atoms with Crippen molar-refractivity contribution in [2.24, 2.45) is 13.0 Å². The monoisotopic (exact) mass is 313 g/mol. The van der Waals surface area contributed by atoms with Crippen LogP contribution in [0.1, 0.15) is 38.4 Å². The maximum Gasteiger partial charge on any atom is 0.257 e. The van der Waals surface area contributed by atoms with Crippen molar-refractivity contribution in [2.75, 3.05) is 0 Å². The average molecular weight is 313 g/mol. The van der Waals surface area contributed by atoms with Gasteiger partial charge in [-0.25, -0.2) is 13.1 Å². The van der Waals surface area contributed by atoms with Gasteiger partial charge >= 0.3 is 0 Å². The lowest BCUT2D eigenvalue weighted by molar-refractivity contribution is -0.114. The Morgan fingerprint density at radius 2 is 2.05 bits per heavy atom. The number of aromatic nitrogens is 2. The van der Waals surface area contributed by atoms with Gasteiger partial charge in [0.1, 0.15) is 0 Å². The highest BCUT2D eigenvalue weighted by Crippen LogP contribution is 2.11. The number of hydrogen-bond acceptors (Lipinski definition) is 4. The highest BCUT2D eigenvalue weighted by Gasteiger charge is 2.22. The molecule has 1 rings (SSSR count). The molecule has 0 aliphatic rings. The quantitative estimate of drug-likeness (QED) is 0.809. The van der Waals surface area contributed by atoms with E-state index in [1.807, 2.05) is 20.8 Å². The molecular formula is C14H23N3O3S. The number of amides is 1. The molecule has 1 N–H and O–H groups in total. The molecule has 6 nitrogen and oxygen atoms in total. The van der Waals surface area contributed by atoms with E-state index in [2.05, 4.69) is 9.82 Å². The first-order valence-electron chi connectivity index (χ1n) is 6.85. The van der Waals surface area contributed by atoms with Gasteiger partial charge in [-0.1, -0.05) is 13.8 Å². The topological polar surface area (TPSA) is 81.1 Å². The van der Waals surface area contributed by atoms with Crippen LogP contribution in [0.15, 0.2) is 12.3 Å². The maximum atomic E-state index is 12.0. The number of nitrogens with zero attached hydrogens (tertiary/aromatic N) is 2. The van der Waals surface area contributed by atoms with Gasteiger partial charge in [0.2, 0.25) is 10.0 Å². The Bertz CT molecular complexity index is 630. The Balaban J connectivity index is 2.71. The van der Waals surface area contributed by atoms with Gasteiger partial charge in [0.15, 0.2) is 0 Å². The van der Waals surface area contributed by atoms with Crippen LogP contribution in [0.2, 0.25) is 0 Å². The molecule has 1 aromatic rings. The minimum atomic E-state index is -3.64. The van der Waals surface area contributed by atoms with Gasteiger partial charge in [-0.05, 0) is 32.3 Å². The standard InChI is InChI=1S/C14H23N3O3S/c1-10(2)8-11(3)21(19,20)16-14(18)7-6-13-9-15-17(5)12(13)4/h6-7,9-11H,8H2,1-5H3,(H,16,18)/b7-6+. The summed E-state index contributed by atoms with van der Waals surface area (Å²) in [6.07, 6.45) is 4.90. The average Bonchev–Trinajstić information content (AvgIpc) is 2.66. The first kappa shape index (κ1) is 17.4. The van der Waals surface area contributed by atoms with Crippen LogP contribution in [-0.4, -0.2) is 29.4 Å². The van der Waals surface area contributed by atoms with Gasteiger partial charge in [0.05, 0.1) is 11.4 Å². The summed E-state index contributed by atoms with van der Waals surface area (Å²) in [5.41, 5.74) is 1.68. The summed E-state index contributed by atoms with van der Waals surface area (Å²) in [6, 6.07) is 0. The van der Waals surface area contributed by atoms with E-state index in [0.717, 1.165) is 11.3 Å². The number of carbonyl (C=O) groups is 1. The minimum absolute atomic E-state index is 0.250. The Hall–Kier alpha value is -1.63. The molecule has 0 spiro atoms. The van der Waals surface area contributed by atoms with Crippen molar-refractivity contribution >= 4 is 22.0 Å². The molecule has 7 heteroatoms. The fraction of sp³-hybridized carbons (Fsp3) is 0.571. The second kappa shape index (κ2) is 6.89. The third kappa shape index (κ3) is 5.00. The summed E-state index contributed by atoms with van der Waals surface area (Å²) in [5.74, 6) is -0.394. The molecule has 21 heavy (non-hydrogen) atoms. The second-order valence-electron chi connectivity index (χ2n) is 5.59. The Kier molecular flexibility index (Phi) is 5.71. The van der Waals surface area contributed by atoms with Gasteiger partial charge in [-0.2, -0.15) is 5.10 Å². The first-order valence-corrected chi connectivity index (χ1v) is 8.40. The summed E-state index contributed by atoms with van der Waals surface area (Å²) in [7, 11) is -1.84. The molecule has 0 saturated heterocycles. The summed E-state index contributed by atoms with van der Waals surface area (Å²) < 4.78 is 27.7. The number of aryl methyl sites for hydroxylation is 1. The van der Waals surface area contributed by atoms with Crippen molar-refractivity contribution in [1.82, 2.24) is 14.5 Å². The highest BCUT2D eigenvalue weighted by atomic mass is 32.2. The van der Waals surface area contributed by atoms with E-state index in [1.54, 1.807) is 30.9 Å². The first-order chi connectivity index (χ1) is 9.63. The number of hydrogen-bond donors (Lipinski definition) is 1. The Morgan fingerprint density at radius 3 is 2.52 bits per heavy atom. The van der Waals surface area contributed by atoms with E-state index in [1.165, 1.54) is 6.08 Å². The summed E-state index contributed by atoms with van der Waals surface area (Å²) >= 11 is 0. The molecule has 0 radical (unpaired) electrons. The van der Waals surface area contributed by atoms with E-state index in [4.69, 9.17) is 0 Å². The zero-order valence-corrected chi connectivity index (χ0v) is 13.9. The molecule has 1 aromatic heterocycles. The van der Waals surface area contributed by atoms with Crippen molar-refractivity contribution in [1.29, 1.82) is 0 Å². The number of rotatable bonds is 6. The van der Waals surface area contributed by atoms with E-state index < -0.39 is 21.2 Å². The fourth-order valence-corrected chi connectivity index (χ4v) is 3.10. The zero-order valence-electron chi connectivity index (χ0n) is 13.1. The second-order valence-corrected chi connectivity index (χ2v) is 7.69. The highest BCUT2D eigenvalue weighted by molar-refractivity contribution is 7.90. The lowest BCUT2D eigenvalue weighted by atomic mass is 10.1. The lowest BCUT2D eigenvalue weighted by Crippen LogP contribution is -2.36. The largest absolute Gasteiger partial charge is 0.272 e. The third-order valence-corrected chi connectivity index (χ3v) is 5.00. The summed E-state index contributed by atoms with van der Waals surface area (Å²) in [4.78, 5) is 11.7. The van der Waals surface area contributed by atoms with Gasteiger partial charge in [-0.3, -0.25) is 9.48 Å². The smallest absolute Gasteiger partial charge is 0.257 e. The van der Waals surface area contributed by atoms with Gasteiger partial charge in [-0.15, -0.1) is 0 Å². The van der Waals surface area contributed by atoms with Crippen LogP contribution < -0.4 is 4.72 Å². The molecule has 0 bridgehead atoms. The molecule has 1 heterocycles. The van der Waals surface area contributed by atoms with Gasteiger partial charge in [0.25, 0.3) is 5.91 Å². The van der Waals surface area contributed by atoms with Crippen molar-refractivity contribution < 1.29 is 13.2 Å². The van der Waals surface area contributed by atoms with Crippen LogP contribution in [0.4, 0.5) is 0 Å². The van der Waals surface area contributed by atoms with Crippen LogP contribution in [0.3, 0.4) is 0 Å². The molecule has 1 amide bonds. The molecule has 0 aromatic carbocycles. The fourth-order valence-electron chi connectivity index (χ4n) is 1.91. The van der Waals surface area contributed by atoms with Gasteiger partial charge < -0.3 is 0 Å². The SMILES string of the molecule is Cc1c(/C=C/C(=O)NS(=O)(=O)C(C)CC(C)C)cnn1C. The van der Waals surface area contributed by atoms with E-state index in [-0.39, 0.29) is 5.92 Å². The minimum Gasteiger partial charge on any atom is -0.272 e. The van der Waals surface area contributed by atoms with Crippen LogP contribution in [-0.2, 0) is 21.9 Å². The maximum absolute atomic E-state index is 12.0. The molecule has 0 aliphatic heterocycles. The third-order valence-electron chi connectivity index (χ3n) is 3.26. The predicted octanol–water partition coefficient (Wildman–Crippen LogP) is 1.62. The molecule has 1 unspecified atom stereocenters. The van der Waals surface area contributed by atoms with Crippen LogP contribution in [0.25, 0.3) is 6.08 Å². The van der Waals surface area contributed by atoms with E-state index >= 15 is 0 Å². The predicted molar refractivity (Wildman–Crippen MR) is 83.0 cm³/mol. The molecule has 0 aliphatic carbocycles. The van der Waals surface area contributed by atoms with Gasteiger partial charge in [0, 0.05) is 24.4 Å². The molecular weight excluding hydrogens is 290 g/mol. The Morgan fingerprint density at radius 1 is 1.43 bits per heavy atom. The molecule has 1 atom stereocenters. The Labute approximate surface area is 126 Å². The molecule has 0 saturated carbocycles. The zero-order chi connectivity index (χ0) is 16.2. The number of nitrogens with one attached hydrogen (secondary N) is 1. The summed E-state index contributed by atoms with van der Waals surface area (Å²) in [5, 5.41) is 3.44. The van der Waals surface area contributed by atoms with Crippen molar-refractivity contribution in [2.45, 2.75) is 39.4 Å².